The summed E-state index contributed by atoms with van der Waals surface area (Å²) in [4.78, 5) is 34.8. The van der Waals surface area contributed by atoms with Gasteiger partial charge >= 0.3 is 5.97 Å². The van der Waals surface area contributed by atoms with Crippen molar-refractivity contribution in [3.8, 4) is 5.75 Å². The van der Waals surface area contributed by atoms with Crippen LogP contribution in [0, 0.1) is 0 Å². The predicted octanol–water partition coefficient (Wildman–Crippen LogP) is 4.79. The van der Waals surface area contributed by atoms with Crippen LogP contribution in [-0.2, 0) is 30.3 Å². The minimum Gasteiger partial charge on any atom is -0.494 e. The molecule has 0 unspecified atom stereocenters. The first-order valence-electron chi connectivity index (χ1n) is 14.3. The number of hydrogen-bond acceptors (Lipinski definition) is 9. The van der Waals surface area contributed by atoms with Gasteiger partial charge in [-0.2, -0.15) is 0 Å². The van der Waals surface area contributed by atoms with Crippen LogP contribution in [0.4, 0.5) is 0 Å². The maximum atomic E-state index is 14.1. The number of methoxy groups -OCH3 is 1. The molecule has 3 rings (SSSR count). The number of nitrogens with zero attached hydrogens (tertiary/aromatic N) is 4. The average Bonchev–Trinajstić information content (AvgIpc) is 3.37. The zero-order chi connectivity index (χ0) is 31.3. The number of aliphatic hydroxyl groups excluding tert-OH is 1. The van der Waals surface area contributed by atoms with Crippen molar-refractivity contribution in [3.05, 3.63) is 75.7 Å². The molecule has 0 aromatic heterocycles. The van der Waals surface area contributed by atoms with Gasteiger partial charge in [0.25, 0.3) is 5.91 Å². The first-order valence-corrected chi connectivity index (χ1v) is 14.3. The normalized spacial score (nSPS) is 17.8. The van der Waals surface area contributed by atoms with Crippen molar-refractivity contribution in [2.75, 3.05) is 33.5 Å². The lowest BCUT2D eigenvalue weighted by Gasteiger charge is -2.32. The van der Waals surface area contributed by atoms with Crippen molar-refractivity contribution >= 4 is 17.8 Å². The van der Waals surface area contributed by atoms with Crippen molar-refractivity contribution in [2.45, 2.75) is 70.2 Å². The Morgan fingerprint density at radius 2 is 1.88 bits per heavy atom. The number of amides is 1. The number of aliphatic imine (C=N–C) groups is 1. The highest BCUT2D eigenvalue weighted by Gasteiger charge is 2.53. The number of aliphatic hydroxyl groups is 1. The van der Waals surface area contributed by atoms with Gasteiger partial charge in [0.05, 0.1) is 13.2 Å². The second-order valence-corrected chi connectivity index (χ2v) is 11.1. The summed E-state index contributed by atoms with van der Waals surface area (Å²) in [7, 11) is 1.59. The van der Waals surface area contributed by atoms with Crippen molar-refractivity contribution in [2.24, 2.45) is 10.1 Å². The van der Waals surface area contributed by atoms with Gasteiger partial charge in [0.1, 0.15) is 11.4 Å². The number of carbonyl (C=O) groups excluding carboxylic acids is 2. The predicted molar refractivity (Wildman–Crippen MR) is 161 cm³/mol. The Morgan fingerprint density at radius 1 is 1.14 bits per heavy atom. The van der Waals surface area contributed by atoms with Crippen LogP contribution < -0.4 is 10.1 Å². The van der Waals surface area contributed by atoms with Gasteiger partial charge in [0.2, 0.25) is 5.90 Å². The average molecular weight is 596 g/mol. The molecule has 2 aromatic rings. The van der Waals surface area contributed by atoms with E-state index in [1.165, 1.54) is 0 Å². The second kappa shape index (κ2) is 15.9. The number of esters is 1. The fraction of sp³-hybridized carbons (Fsp3) is 0.516. The molecule has 0 bridgehead atoms. The van der Waals surface area contributed by atoms with Gasteiger partial charge in [-0.15, -0.1) is 0 Å². The number of rotatable bonds is 16. The summed E-state index contributed by atoms with van der Waals surface area (Å²) < 4.78 is 22.8. The Balaban J connectivity index is 2.07. The van der Waals surface area contributed by atoms with Crippen LogP contribution in [0.3, 0.4) is 0 Å². The zero-order valence-corrected chi connectivity index (χ0v) is 25.2. The van der Waals surface area contributed by atoms with Gasteiger partial charge in [0, 0.05) is 50.2 Å². The zero-order valence-electron chi connectivity index (χ0n) is 25.2. The molecule has 1 amide bonds. The van der Waals surface area contributed by atoms with Gasteiger partial charge in [-0.1, -0.05) is 29.4 Å². The molecule has 232 valence electrons. The number of nitrogens with one attached hydrogen (secondary N) is 1. The smallest absolute Gasteiger partial charge is 0.306 e. The van der Waals surface area contributed by atoms with E-state index in [1.807, 2.05) is 18.2 Å². The van der Waals surface area contributed by atoms with E-state index >= 15 is 0 Å². The number of ether oxygens (including phenoxy) is 4. The molecule has 2 atom stereocenters. The molecule has 1 aliphatic rings. The van der Waals surface area contributed by atoms with Crippen LogP contribution in [-0.4, -0.2) is 67.5 Å². The largest absolute Gasteiger partial charge is 0.494 e. The van der Waals surface area contributed by atoms with Crippen LogP contribution in [0.2, 0.25) is 0 Å². The molecule has 1 heterocycles. The Kier molecular flexibility index (Phi) is 12.4. The monoisotopic (exact) mass is 595 g/mol. The van der Waals surface area contributed by atoms with Crippen molar-refractivity contribution in [1.29, 1.82) is 0 Å². The summed E-state index contributed by atoms with van der Waals surface area (Å²) in [6.45, 7) is 6.58. The standard InChI is InChI=1S/C31H41N5O7/c1-30(2,3)43-26(38)15-16-31(29(39)33-17-7-19-40-4)27(25-10-6-5-9-23(25)21-34-36-32)42-28(35-31)22-11-13-24(14-12-22)41-20-8-18-37/h5-6,9-14,27,37H,7-8,15-21H2,1-4H3,(H,33,39)/t27-,31-/m1/s1. The summed E-state index contributed by atoms with van der Waals surface area (Å²) >= 11 is 0. The van der Waals surface area contributed by atoms with E-state index in [2.05, 4.69) is 15.3 Å². The molecule has 0 spiro atoms. The van der Waals surface area contributed by atoms with E-state index in [1.54, 1.807) is 58.2 Å². The minimum atomic E-state index is -1.54. The van der Waals surface area contributed by atoms with Crippen LogP contribution in [0.1, 0.15) is 69.2 Å². The Morgan fingerprint density at radius 3 is 2.56 bits per heavy atom. The Hall–Kier alpha value is -4.12. The highest BCUT2D eigenvalue weighted by molar-refractivity contribution is 6.01. The number of benzene rings is 2. The Labute approximate surface area is 252 Å². The number of azide groups is 1. The lowest BCUT2D eigenvalue weighted by molar-refractivity contribution is -0.155. The first kappa shape index (κ1) is 33.4. The third-order valence-corrected chi connectivity index (χ3v) is 6.61. The van der Waals surface area contributed by atoms with Crippen LogP contribution in [0.25, 0.3) is 10.4 Å². The molecule has 0 saturated carbocycles. The highest BCUT2D eigenvalue weighted by atomic mass is 16.6. The molecule has 0 fully saturated rings. The molecule has 1 aliphatic heterocycles. The van der Waals surface area contributed by atoms with Crippen molar-refractivity contribution < 1.29 is 33.6 Å². The highest BCUT2D eigenvalue weighted by Crippen LogP contribution is 2.44. The third-order valence-electron chi connectivity index (χ3n) is 6.61. The lowest BCUT2D eigenvalue weighted by Crippen LogP contribution is -2.49. The van der Waals surface area contributed by atoms with Gasteiger partial charge in [-0.3, -0.25) is 9.59 Å². The molecule has 2 aromatic carbocycles. The van der Waals surface area contributed by atoms with E-state index in [9.17, 15) is 9.59 Å². The van der Waals surface area contributed by atoms with Crippen LogP contribution >= 0.6 is 0 Å². The fourth-order valence-electron chi connectivity index (χ4n) is 4.65. The Bertz CT molecular complexity index is 1300. The van der Waals surface area contributed by atoms with Gasteiger partial charge < -0.3 is 29.4 Å². The second-order valence-electron chi connectivity index (χ2n) is 11.1. The quantitative estimate of drug-likeness (QED) is 0.0926. The molecule has 0 saturated heterocycles. The molecule has 43 heavy (non-hydrogen) atoms. The van der Waals surface area contributed by atoms with E-state index in [0.29, 0.717) is 55.0 Å². The van der Waals surface area contributed by atoms with E-state index in [-0.39, 0.29) is 31.9 Å². The topological polar surface area (TPSA) is 164 Å². The van der Waals surface area contributed by atoms with Crippen LogP contribution in [0.15, 0.2) is 58.6 Å². The molecular weight excluding hydrogens is 554 g/mol. The SMILES string of the molecule is COCCCNC(=O)[C@]1(CCC(=O)OC(C)(C)C)N=C(c2ccc(OCCCO)cc2)O[C@@H]1c1ccccc1CN=[N+]=[N-]. The first-order chi connectivity index (χ1) is 20.6. The van der Waals surface area contributed by atoms with Crippen molar-refractivity contribution in [3.63, 3.8) is 0 Å². The minimum absolute atomic E-state index is 0.00436. The molecule has 12 heteroatoms. The van der Waals surface area contributed by atoms with Gasteiger partial charge in [0.15, 0.2) is 11.6 Å². The van der Waals surface area contributed by atoms with E-state index in [4.69, 9.17) is 34.6 Å². The molecule has 0 aliphatic carbocycles. The molecular formula is C31H41N5O7. The van der Waals surface area contributed by atoms with E-state index < -0.39 is 29.1 Å². The number of hydrogen-bond donors (Lipinski definition) is 2. The summed E-state index contributed by atoms with van der Waals surface area (Å²) in [6, 6.07) is 14.3. The van der Waals surface area contributed by atoms with Crippen LogP contribution in [0.5, 0.6) is 5.75 Å². The summed E-state index contributed by atoms with van der Waals surface area (Å²) in [5, 5.41) is 15.7. The lowest BCUT2D eigenvalue weighted by atomic mass is 9.81. The molecule has 0 radical (unpaired) electrons. The summed E-state index contributed by atoms with van der Waals surface area (Å²) in [6.07, 6.45) is 0.0733. The van der Waals surface area contributed by atoms with Crippen molar-refractivity contribution in [1.82, 2.24) is 5.32 Å². The maximum absolute atomic E-state index is 14.1. The summed E-state index contributed by atoms with van der Waals surface area (Å²) in [5.41, 5.74) is 8.65. The van der Waals surface area contributed by atoms with E-state index in [0.717, 1.165) is 0 Å². The fourth-order valence-corrected chi connectivity index (χ4v) is 4.65. The third kappa shape index (κ3) is 9.44. The number of carbonyl (C=O) groups is 2. The van der Waals surface area contributed by atoms with Gasteiger partial charge in [-0.05, 0) is 74.5 Å². The molecule has 12 nitrogen and oxygen atoms in total. The maximum Gasteiger partial charge on any atom is 0.306 e. The molecule has 2 N–H and O–H groups in total. The summed E-state index contributed by atoms with van der Waals surface area (Å²) in [5.74, 6) is -0.0382. The van der Waals surface area contributed by atoms with Gasteiger partial charge in [-0.25, -0.2) is 4.99 Å².